The van der Waals surface area contributed by atoms with Crippen molar-refractivity contribution in [2.75, 3.05) is 7.11 Å². The van der Waals surface area contributed by atoms with Crippen LogP contribution < -0.4 is 9.47 Å². The van der Waals surface area contributed by atoms with Crippen molar-refractivity contribution in [3.8, 4) is 11.5 Å². The second-order valence-electron chi connectivity index (χ2n) is 9.48. The molecule has 0 aliphatic carbocycles. The van der Waals surface area contributed by atoms with Gasteiger partial charge < -0.3 is 14.6 Å². The number of para-hydroxylation sites is 1. The average Bonchev–Trinajstić information content (AvgIpc) is 3.29. The molecule has 222 valence electrons. The van der Waals surface area contributed by atoms with E-state index in [1.165, 1.54) is 43.1 Å². The molecular formula is C32H24IN3O7S. The Morgan fingerprint density at radius 1 is 1.05 bits per heavy atom. The number of aliphatic imine (C=N–C) groups is 1. The number of amidine groups is 1. The number of benzene rings is 4. The number of carbonyl (C=O) groups is 2. The zero-order chi connectivity index (χ0) is 31.2. The molecule has 1 aliphatic heterocycles. The van der Waals surface area contributed by atoms with Crippen molar-refractivity contribution in [2.45, 2.75) is 13.2 Å². The predicted octanol–water partition coefficient (Wildman–Crippen LogP) is 7.29. The molecule has 0 unspecified atom stereocenters. The highest BCUT2D eigenvalue weighted by Crippen LogP contribution is 2.39. The van der Waals surface area contributed by atoms with Gasteiger partial charge in [0.2, 0.25) is 0 Å². The van der Waals surface area contributed by atoms with Gasteiger partial charge in [0.25, 0.3) is 11.6 Å². The zero-order valence-electron chi connectivity index (χ0n) is 23.2. The number of nitro benzene ring substituents is 1. The van der Waals surface area contributed by atoms with Crippen molar-refractivity contribution in [1.82, 2.24) is 4.90 Å². The highest BCUT2D eigenvalue weighted by molar-refractivity contribution is 14.1. The monoisotopic (exact) mass is 721 g/mol. The number of methoxy groups -OCH3 is 1. The van der Waals surface area contributed by atoms with Gasteiger partial charge in [0.15, 0.2) is 16.7 Å². The van der Waals surface area contributed by atoms with Crippen LogP contribution in [0, 0.1) is 13.7 Å². The molecule has 0 aromatic heterocycles. The Morgan fingerprint density at radius 3 is 2.48 bits per heavy atom. The molecule has 10 nitrogen and oxygen atoms in total. The normalized spacial score (nSPS) is 14.7. The molecule has 1 aliphatic rings. The molecular weight excluding hydrogens is 697 g/mol. The van der Waals surface area contributed by atoms with Gasteiger partial charge in [0.05, 0.1) is 38.3 Å². The maximum Gasteiger partial charge on any atom is 0.335 e. The van der Waals surface area contributed by atoms with Gasteiger partial charge in [-0.05, 0) is 93.5 Å². The van der Waals surface area contributed by atoms with Crippen molar-refractivity contribution < 1.29 is 29.1 Å². The molecule has 4 aromatic carbocycles. The van der Waals surface area contributed by atoms with Crippen LogP contribution in [0.4, 0.5) is 11.4 Å². The first kappa shape index (κ1) is 30.8. The van der Waals surface area contributed by atoms with Crippen molar-refractivity contribution in [1.29, 1.82) is 0 Å². The molecule has 1 heterocycles. The Morgan fingerprint density at radius 2 is 1.80 bits per heavy atom. The molecule has 5 rings (SSSR count). The molecule has 0 saturated carbocycles. The number of nitrogens with zero attached hydrogens (tertiary/aromatic N) is 3. The molecule has 1 amide bonds. The molecule has 4 aromatic rings. The summed E-state index contributed by atoms with van der Waals surface area (Å²) in [6.07, 6.45) is 1.76. The number of non-ortho nitro benzene ring substituents is 1. The summed E-state index contributed by atoms with van der Waals surface area (Å²) in [7, 11) is 1.51. The largest absolute Gasteiger partial charge is 0.493 e. The second kappa shape index (κ2) is 13.7. The van der Waals surface area contributed by atoms with Crippen LogP contribution in [0.25, 0.3) is 6.08 Å². The van der Waals surface area contributed by atoms with E-state index < -0.39 is 10.9 Å². The lowest BCUT2D eigenvalue weighted by Gasteiger charge is -2.16. The van der Waals surface area contributed by atoms with Crippen LogP contribution in [0.1, 0.15) is 27.0 Å². The first-order valence-corrected chi connectivity index (χ1v) is 15.0. The fraction of sp³-hybridized carbons (Fsp3) is 0.0938. The number of nitro groups is 1. The molecule has 0 bridgehead atoms. The lowest BCUT2D eigenvalue weighted by atomic mass is 10.1. The van der Waals surface area contributed by atoms with Gasteiger partial charge in [0, 0.05) is 12.1 Å². The number of halogens is 1. The van der Waals surface area contributed by atoms with Crippen molar-refractivity contribution in [3.63, 3.8) is 0 Å². The van der Waals surface area contributed by atoms with Gasteiger partial charge in [0.1, 0.15) is 6.61 Å². The lowest BCUT2D eigenvalue weighted by molar-refractivity contribution is -0.384. The smallest absolute Gasteiger partial charge is 0.335 e. The summed E-state index contributed by atoms with van der Waals surface area (Å²) in [5.74, 6) is -0.346. The van der Waals surface area contributed by atoms with Gasteiger partial charge in [-0.15, -0.1) is 0 Å². The van der Waals surface area contributed by atoms with Crippen LogP contribution in [0.15, 0.2) is 101 Å². The summed E-state index contributed by atoms with van der Waals surface area (Å²) in [4.78, 5) is 42.4. The van der Waals surface area contributed by atoms with Crippen LogP contribution in [0.3, 0.4) is 0 Å². The summed E-state index contributed by atoms with van der Waals surface area (Å²) in [6, 6.07) is 25.5. The quantitative estimate of drug-likeness (QED) is 0.0782. The third kappa shape index (κ3) is 7.26. The Balaban J connectivity index is 1.42. The van der Waals surface area contributed by atoms with Gasteiger partial charge >= 0.3 is 5.97 Å². The minimum atomic E-state index is -1.02. The number of carboxylic acids is 1. The molecule has 44 heavy (non-hydrogen) atoms. The summed E-state index contributed by atoms with van der Waals surface area (Å²) < 4.78 is 12.3. The van der Waals surface area contributed by atoms with Gasteiger partial charge in [-0.2, -0.15) is 0 Å². The molecule has 1 N–H and O–H groups in total. The number of carboxylic acid groups (broad SMARTS) is 1. The van der Waals surface area contributed by atoms with Gasteiger partial charge in [-0.25, -0.2) is 9.79 Å². The first-order valence-electron chi connectivity index (χ1n) is 13.1. The minimum absolute atomic E-state index is 0.0186. The fourth-order valence-electron chi connectivity index (χ4n) is 4.31. The number of ether oxygens (including phenoxy) is 2. The number of aromatic carboxylic acids is 1. The number of amides is 1. The third-order valence-corrected chi connectivity index (χ3v) is 8.27. The Labute approximate surface area is 270 Å². The predicted molar refractivity (Wildman–Crippen MR) is 176 cm³/mol. The number of carbonyl (C=O) groups excluding carboxylic acids is 1. The molecule has 0 atom stereocenters. The summed E-state index contributed by atoms with van der Waals surface area (Å²) in [5.41, 5.74) is 2.94. The molecule has 1 saturated heterocycles. The number of rotatable bonds is 10. The summed E-state index contributed by atoms with van der Waals surface area (Å²) in [6.45, 7) is 0.310. The van der Waals surface area contributed by atoms with E-state index in [4.69, 9.17) is 14.5 Å². The van der Waals surface area contributed by atoms with E-state index in [9.17, 15) is 24.8 Å². The van der Waals surface area contributed by atoms with Crippen LogP contribution in [0.5, 0.6) is 11.5 Å². The van der Waals surface area contributed by atoms with E-state index in [1.54, 1.807) is 41.3 Å². The number of hydrogen-bond donors (Lipinski definition) is 1. The molecule has 0 spiro atoms. The Hall–Kier alpha value is -4.69. The van der Waals surface area contributed by atoms with Crippen LogP contribution in [0.2, 0.25) is 0 Å². The highest BCUT2D eigenvalue weighted by Gasteiger charge is 2.33. The van der Waals surface area contributed by atoms with Crippen LogP contribution in [-0.2, 0) is 17.9 Å². The van der Waals surface area contributed by atoms with E-state index in [-0.39, 0.29) is 30.3 Å². The highest BCUT2D eigenvalue weighted by atomic mass is 127. The van der Waals surface area contributed by atoms with Crippen molar-refractivity contribution in [2.24, 2.45) is 4.99 Å². The van der Waals surface area contributed by atoms with Crippen LogP contribution >= 0.6 is 34.4 Å². The topological polar surface area (TPSA) is 132 Å². The third-order valence-electron chi connectivity index (χ3n) is 6.46. The van der Waals surface area contributed by atoms with E-state index in [2.05, 4.69) is 22.6 Å². The SMILES string of the molecule is COc1cc(/C=C2\SC(=Nc3ccccc3)N(Cc3ccc(C(=O)O)cc3)C2=O)cc(I)c1OCc1cccc([N+](=O)[O-])c1. The lowest BCUT2D eigenvalue weighted by Crippen LogP contribution is -2.28. The number of thioether (sulfide) groups is 1. The zero-order valence-corrected chi connectivity index (χ0v) is 26.2. The second-order valence-corrected chi connectivity index (χ2v) is 11.7. The maximum absolute atomic E-state index is 13.7. The van der Waals surface area contributed by atoms with E-state index >= 15 is 0 Å². The molecule has 0 radical (unpaired) electrons. The summed E-state index contributed by atoms with van der Waals surface area (Å²) >= 11 is 3.36. The Kier molecular flexibility index (Phi) is 9.60. The average molecular weight is 722 g/mol. The Bertz CT molecular complexity index is 1790. The summed E-state index contributed by atoms with van der Waals surface area (Å²) in [5, 5.41) is 20.9. The van der Waals surface area contributed by atoms with E-state index in [1.807, 2.05) is 36.4 Å². The van der Waals surface area contributed by atoms with Crippen LogP contribution in [-0.4, -0.2) is 39.1 Å². The van der Waals surface area contributed by atoms with Gasteiger partial charge in [-0.1, -0.05) is 42.5 Å². The standard InChI is InChI=1S/C32H24IN3O7S/c1-42-27-16-22(15-26(33)29(27)43-19-21-6-5-9-25(14-21)36(40)41)17-28-30(37)35(18-20-10-12-23(13-11-20)31(38)39)32(44-28)34-24-7-3-2-4-8-24/h2-17H,18-19H2,1H3,(H,38,39)/b28-17-,34-32?. The first-order chi connectivity index (χ1) is 21.2. The molecule has 1 fully saturated rings. The maximum atomic E-state index is 13.7. The molecule has 12 heteroatoms. The van der Waals surface area contributed by atoms with Crippen molar-refractivity contribution >= 4 is 68.8 Å². The minimum Gasteiger partial charge on any atom is -0.493 e. The van der Waals surface area contributed by atoms with Gasteiger partial charge in [-0.3, -0.25) is 19.8 Å². The van der Waals surface area contributed by atoms with Crippen molar-refractivity contribution in [3.05, 3.63) is 132 Å². The fourth-order valence-corrected chi connectivity index (χ4v) is 6.09. The van der Waals surface area contributed by atoms with E-state index in [0.29, 0.717) is 38.4 Å². The van der Waals surface area contributed by atoms with E-state index in [0.717, 1.165) is 9.13 Å². The number of hydrogen-bond acceptors (Lipinski definition) is 8.